The van der Waals surface area contributed by atoms with Crippen LogP contribution in [0.25, 0.3) is 10.2 Å². The molecule has 0 amide bonds. The fraction of sp³-hybridized carbons (Fsp3) is 0.533. The SMILES string of the molecule is CCNC(c1cnc2ccsc2c1)C1CCCC1. The summed E-state index contributed by atoms with van der Waals surface area (Å²) in [7, 11) is 0. The molecule has 1 unspecified atom stereocenters. The highest BCUT2D eigenvalue weighted by molar-refractivity contribution is 7.17. The molecule has 1 N–H and O–H groups in total. The molecule has 1 aliphatic rings. The maximum atomic E-state index is 4.59. The van der Waals surface area contributed by atoms with Crippen molar-refractivity contribution in [1.29, 1.82) is 0 Å². The summed E-state index contributed by atoms with van der Waals surface area (Å²) in [5, 5.41) is 5.79. The highest BCUT2D eigenvalue weighted by Gasteiger charge is 2.26. The van der Waals surface area contributed by atoms with E-state index < -0.39 is 0 Å². The number of thiophene rings is 1. The lowest BCUT2D eigenvalue weighted by Crippen LogP contribution is -2.27. The third kappa shape index (κ3) is 2.29. The lowest BCUT2D eigenvalue weighted by Gasteiger charge is -2.24. The second-order valence-corrected chi connectivity index (χ2v) is 6.10. The summed E-state index contributed by atoms with van der Waals surface area (Å²) in [6.45, 7) is 3.22. The molecule has 2 heterocycles. The van der Waals surface area contributed by atoms with Crippen LogP contribution in [0, 0.1) is 5.92 Å². The van der Waals surface area contributed by atoms with Gasteiger partial charge in [0, 0.05) is 12.2 Å². The zero-order valence-electron chi connectivity index (χ0n) is 10.9. The molecule has 1 aliphatic carbocycles. The molecular formula is C15H20N2S. The van der Waals surface area contributed by atoms with E-state index >= 15 is 0 Å². The van der Waals surface area contributed by atoms with Crippen molar-refractivity contribution in [1.82, 2.24) is 10.3 Å². The minimum Gasteiger partial charge on any atom is -0.310 e. The van der Waals surface area contributed by atoms with Crippen LogP contribution in [-0.2, 0) is 0 Å². The van der Waals surface area contributed by atoms with Crippen molar-refractivity contribution in [2.45, 2.75) is 38.6 Å². The Bertz CT molecular complexity index is 514. The summed E-state index contributed by atoms with van der Waals surface area (Å²) in [4.78, 5) is 4.59. The van der Waals surface area contributed by atoms with E-state index in [2.05, 4.69) is 40.9 Å². The van der Waals surface area contributed by atoms with Crippen LogP contribution in [0.1, 0.15) is 44.2 Å². The Morgan fingerprint density at radius 1 is 1.44 bits per heavy atom. The monoisotopic (exact) mass is 260 g/mol. The van der Waals surface area contributed by atoms with Gasteiger partial charge in [0.25, 0.3) is 0 Å². The highest BCUT2D eigenvalue weighted by atomic mass is 32.1. The fourth-order valence-corrected chi connectivity index (χ4v) is 3.89. The fourth-order valence-electron chi connectivity index (χ4n) is 3.10. The van der Waals surface area contributed by atoms with Crippen molar-refractivity contribution in [2.75, 3.05) is 6.54 Å². The number of nitrogens with one attached hydrogen (secondary N) is 1. The van der Waals surface area contributed by atoms with E-state index in [9.17, 15) is 0 Å². The Kier molecular flexibility index (Phi) is 3.62. The lowest BCUT2D eigenvalue weighted by atomic mass is 9.92. The van der Waals surface area contributed by atoms with Crippen LogP contribution in [0.15, 0.2) is 23.7 Å². The zero-order valence-corrected chi connectivity index (χ0v) is 11.7. The van der Waals surface area contributed by atoms with Crippen molar-refractivity contribution >= 4 is 21.6 Å². The molecule has 18 heavy (non-hydrogen) atoms. The molecule has 96 valence electrons. The average molecular weight is 260 g/mol. The average Bonchev–Trinajstić information content (AvgIpc) is 3.05. The number of hydrogen-bond donors (Lipinski definition) is 1. The molecule has 0 bridgehead atoms. The van der Waals surface area contributed by atoms with Gasteiger partial charge in [-0.3, -0.25) is 4.98 Å². The first-order valence-electron chi connectivity index (χ1n) is 6.95. The van der Waals surface area contributed by atoms with Crippen LogP contribution < -0.4 is 5.32 Å². The van der Waals surface area contributed by atoms with Gasteiger partial charge in [0.05, 0.1) is 10.2 Å². The summed E-state index contributed by atoms with van der Waals surface area (Å²) in [6, 6.07) is 4.93. The van der Waals surface area contributed by atoms with Crippen molar-refractivity contribution < 1.29 is 0 Å². The van der Waals surface area contributed by atoms with Crippen LogP contribution in [0.2, 0.25) is 0 Å². The predicted molar refractivity (Wildman–Crippen MR) is 78.0 cm³/mol. The number of rotatable bonds is 4. The van der Waals surface area contributed by atoms with E-state index in [1.165, 1.54) is 35.9 Å². The quantitative estimate of drug-likeness (QED) is 0.893. The Labute approximate surface area is 112 Å². The molecule has 1 atom stereocenters. The Morgan fingerprint density at radius 2 is 2.28 bits per heavy atom. The second-order valence-electron chi connectivity index (χ2n) is 5.15. The van der Waals surface area contributed by atoms with E-state index in [4.69, 9.17) is 0 Å². The van der Waals surface area contributed by atoms with Gasteiger partial charge in [-0.05, 0) is 48.4 Å². The van der Waals surface area contributed by atoms with Crippen molar-refractivity contribution in [3.8, 4) is 0 Å². The summed E-state index contributed by atoms with van der Waals surface area (Å²) >= 11 is 1.79. The number of hydrogen-bond acceptors (Lipinski definition) is 3. The lowest BCUT2D eigenvalue weighted by molar-refractivity contribution is 0.374. The molecule has 3 rings (SSSR count). The molecule has 3 heteroatoms. The smallest absolute Gasteiger partial charge is 0.0809 e. The topological polar surface area (TPSA) is 24.9 Å². The molecule has 0 saturated heterocycles. The van der Waals surface area contributed by atoms with Gasteiger partial charge in [-0.15, -0.1) is 11.3 Å². The predicted octanol–water partition coefficient (Wildman–Crippen LogP) is 4.14. The molecule has 1 fully saturated rings. The van der Waals surface area contributed by atoms with Crippen LogP contribution in [0.5, 0.6) is 0 Å². The van der Waals surface area contributed by atoms with Crippen LogP contribution in [0.4, 0.5) is 0 Å². The molecule has 2 aromatic rings. The molecule has 0 spiro atoms. The summed E-state index contributed by atoms with van der Waals surface area (Å²) < 4.78 is 1.31. The van der Waals surface area contributed by atoms with Gasteiger partial charge in [-0.25, -0.2) is 0 Å². The zero-order chi connectivity index (χ0) is 12.4. The largest absolute Gasteiger partial charge is 0.310 e. The van der Waals surface area contributed by atoms with Crippen molar-refractivity contribution in [3.05, 3.63) is 29.3 Å². The molecule has 0 aliphatic heterocycles. The highest BCUT2D eigenvalue weighted by Crippen LogP contribution is 2.36. The van der Waals surface area contributed by atoms with Gasteiger partial charge < -0.3 is 5.32 Å². The first-order chi connectivity index (χ1) is 8.88. The number of aromatic nitrogens is 1. The summed E-state index contributed by atoms with van der Waals surface area (Å²) in [6.07, 6.45) is 7.57. The number of fused-ring (bicyclic) bond motifs is 1. The maximum absolute atomic E-state index is 4.59. The summed E-state index contributed by atoms with van der Waals surface area (Å²) in [5.74, 6) is 0.796. The van der Waals surface area contributed by atoms with Crippen LogP contribution >= 0.6 is 11.3 Å². The molecule has 2 aromatic heterocycles. The van der Waals surface area contributed by atoms with Gasteiger partial charge in [-0.1, -0.05) is 19.8 Å². The third-order valence-electron chi connectivity index (χ3n) is 3.98. The molecule has 0 radical (unpaired) electrons. The third-order valence-corrected chi connectivity index (χ3v) is 4.83. The van der Waals surface area contributed by atoms with Crippen LogP contribution in [0.3, 0.4) is 0 Å². The van der Waals surface area contributed by atoms with Gasteiger partial charge in [0.15, 0.2) is 0 Å². The summed E-state index contributed by atoms with van der Waals surface area (Å²) in [5.41, 5.74) is 2.50. The van der Waals surface area contributed by atoms with Gasteiger partial charge in [0.2, 0.25) is 0 Å². The van der Waals surface area contributed by atoms with Crippen molar-refractivity contribution in [2.24, 2.45) is 5.92 Å². The van der Waals surface area contributed by atoms with E-state index in [0.29, 0.717) is 6.04 Å². The normalized spacial score (nSPS) is 18.5. The van der Waals surface area contributed by atoms with Crippen molar-refractivity contribution in [3.63, 3.8) is 0 Å². The minimum atomic E-state index is 0.497. The standard InChI is InChI=1S/C15H20N2S/c1-2-16-15(11-5-3-4-6-11)12-9-14-13(17-10-12)7-8-18-14/h7-11,15-16H,2-6H2,1H3. The Balaban J connectivity index is 1.92. The first kappa shape index (κ1) is 12.1. The van der Waals surface area contributed by atoms with E-state index in [0.717, 1.165) is 18.0 Å². The molecule has 0 aromatic carbocycles. The molecular weight excluding hydrogens is 240 g/mol. The Hall–Kier alpha value is -0.930. The molecule has 1 saturated carbocycles. The first-order valence-corrected chi connectivity index (χ1v) is 7.83. The van der Waals surface area contributed by atoms with Gasteiger partial charge >= 0.3 is 0 Å². The van der Waals surface area contributed by atoms with E-state index in [-0.39, 0.29) is 0 Å². The van der Waals surface area contributed by atoms with E-state index in [1.807, 2.05) is 0 Å². The van der Waals surface area contributed by atoms with Crippen LogP contribution in [-0.4, -0.2) is 11.5 Å². The number of pyridine rings is 1. The maximum Gasteiger partial charge on any atom is 0.0809 e. The van der Waals surface area contributed by atoms with Gasteiger partial charge in [0.1, 0.15) is 0 Å². The number of nitrogens with zero attached hydrogens (tertiary/aromatic N) is 1. The second kappa shape index (κ2) is 5.37. The minimum absolute atomic E-state index is 0.497. The van der Waals surface area contributed by atoms with E-state index in [1.54, 1.807) is 11.3 Å². The Morgan fingerprint density at radius 3 is 3.06 bits per heavy atom. The van der Waals surface area contributed by atoms with Gasteiger partial charge in [-0.2, -0.15) is 0 Å². The molecule has 2 nitrogen and oxygen atoms in total.